The average molecular weight is 773 g/mol. The standard InChI is InChI=1S/C25H29N3O2.C18H19N5O2S/c1-27(19-21-6-3-2-4-7-21)15-11-20-12-16-28(17-13-20)25(29)30-23-10-9-22-8-5-14-26-24(22)18-23;24-18(25-15-4-3-14-2-1-7-19-16(14)10-15)23-8-5-13(6-9-23)11-26-17-20-12-21-22-17/h2-10,14,18,20H,11-13,15-17,19H2,1H3;1-4,7,10,12-13H,5-6,8-9,11H2,(H,20,21,22). The molecule has 0 aliphatic carbocycles. The van der Waals surface area contributed by atoms with E-state index in [9.17, 15) is 9.59 Å². The zero-order chi connectivity index (χ0) is 38.5. The summed E-state index contributed by atoms with van der Waals surface area (Å²) in [7, 11) is 2.18. The molecule has 0 atom stereocenters. The molecule has 0 spiro atoms. The van der Waals surface area contributed by atoms with Gasteiger partial charge in [-0.2, -0.15) is 5.10 Å². The van der Waals surface area contributed by atoms with Gasteiger partial charge < -0.3 is 24.2 Å². The van der Waals surface area contributed by atoms with Gasteiger partial charge in [0.05, 0.1) is 11.0 Å². The lowest BCUT2D eigenvalue weighted by Crippen LogP contribution is -2.40. The number of aromatic nitrogens is 5. The van der Waals surface area contributed by atoms with E-state index in [4.69, 9.17) is 9.47 Å². The van der Waals surface area contributed by atoms with E-state index >= 15 is 0 Å². The Kier molecular flexibility index (Phi) is 13.4. The number of piperidine rings is 2. The largest absolute Gasteiger partial charge is 0.415 e. The van der Waals surface area contributed by atoms with Crippen molar-refractivity contribution in [3.63, 3.8) is 0 Å². The molecule has 6 aromatic rings. The van der Waals surface area contributed by atoms with Crippen LogP contribution in [0.2, 0.25) is 0 Å². The highest BCUT2D eigenvalue weighted by molar-refractivity contribution is 7.99. The van der Waals surface area contributed by atoms with Gasteiger partial charge in [0, 0.05) is 73.8 Å². The normalized spacial score (nSPS) is 15.1. The molecule has 0 unspecified atom stereocenters. The van der Waals surface area contributed by atoms with Gasteiger partial charge in [0.15, 0.2) is 5.16 Å². The Morgan fingerprint density at radius 1 is 0.732 bits per heavy atom. The molecule has 0 radical (unpaired) electrons. The topological polar surface area (TPSA) is 130 Å². The molecule has 2 aliphatic heterocycles. The molecule has 8 rings (SSSR count). The molecule has 2 fully saturated rings. The molecule has 5 heterocycles. The molecular weight excluding hydrogens is 725 g/mol. The monoisotopic (exact) mass is 772 g/mol. The number of pyridine rings is 2. The molecule has 12 nitrogen and oxygen atoms in total. The highest BCUT2D eigenvalue weighted by Crippen LogP contribution is 2.27. The minimum atomic E-state index is -0.290. The molecule has 2 saturated heterocycles. The third-order valence-electron chi connectivity index (χ3n) is 10.4. The number of carbonyl (C=O) groups excluding carboxylic acids is 2. The van der Waals surface area contributed by atoms with Gasteiger partial charge in [-0.15, -0.1) is 0 Å². The number of thioether (sulfide) groups is 1. The van der Waals surface area contributed by atoms with Crippen LogP contribution in [0.15, 0.2) is 115 Å². The first kappa shape index (κ1) is 38.7. The lowest BCUT2D eigenvalue weighted by molar-refractivity contribution is 0.126. The fourth-order valence-electron chi connectivity index (χ4n) is 7.07. The number of rotatable bonds is 10. The molecule has 3 aromatic carbocycles. The Balaban J connectivity index is 0.000000173. The van der Waals surface area contributed by atoms with Crippen LogP contribution in [0.3, 0.4) is 0 Å². The number of fused-ring (bicyclic) bond motifs is 2. The summed E-state index contributed by atoms with van der Waals surface area (Å²) < 4.78 is 11.1. The molecule has 56 heavy (non-hydrogen) atoms. The van der Waals surface area contributed by atoms with E-state index in [0.29, 0.717) is 36.4 Å². The third kappa shape index (κ3) is 11.0. The molecular formula is C43H48N8O4S. The number of benzene rings is 3. The first-order valence-electron chi connectivity index (χ1n) is 19.3. The summed E-state index contributed by atoms with van der Waals surface area (Å²) in [6.45, 7) is 5.01. The van der Waals surface area contributed by atoms with E-state index < -0.39 is 0 Å². The minimum absolute atomic E-state index is 0.259. The van der Waals surface area contributed by atoms with Crippen LogP contribution in [0.5, 0.6) is 11.5 Å². The summed E-state index contributed by atoms with van der Waals surface area (Å²) in [5.74, 6) is 3.30. The van der Waals surface area contributed by atoms with Gasteiger partial charge >= 0.3 is 12.2 Å². The molecule has 1 N–H and O–H groups in total. The van der Waals surface area contributed by atoms with Gasteiger partial charge in [-0.1, -0.05) is 54.2 Å². The van der Waals surface area contributed by atoms with Crippen LogP contribution in [0.1, 0.15) is 37.7 Å². The van der Waals surface area contributed by atoms with Crippen molar-refractivity contribution in [1.82, 2.24) is 39.8 Å². The number of hydrogen-bond acceptors (Lipinski definition) is 10. The van der Waals surface area contributed by atoms with Crippen LogP contribution < -0.4 is 9.47 Å². The summed E-state index contributed by atoms with van der Waals surface area (Å²) in [5, 5.41) is 9.61. The maximum atomic E-state index is 12.6. The van der Waals surface area contributed by atoms with E-state index in [2.05, 4.69) is 67.4 Å². The van der Waals surface area contributed by atoms with Gasteiger partial charge in [-0.05, 0) is 99.5 Å². The Bertz CT molecular complexity index is 2160. The van der Waals surface area contributed by atoms with Crippen molar-refractivity contribution < 1.29 is 19.1 Å². The van der Waals surface area contributed by atoms with E-state index in [1.165, 1.54) is 18.3 Å². The number of carbonyl (C=O) groups is 2. The number of aromatic amines is 1. The van der Waals surface area contributed by atoms with Gasteiger partial charge in [0.1, 0.15) is 17.8 Å². The first-order valence-corrected chi connectivity index (χ1v) is 20.3. The van der Waals surface area contributed by atoms with Gasteiger partial charge in [-0.25, -0.2) is 14.6 Å². The summed E-state index contributed by atoms with van der Waals surface area (Å²) in [4.78, 5) is 43.7. The van der Waals surface area contributed by atoms with Crippen molar-refractivity contribution >= 4 is 45.8 Å². The maximum absolute atomic E-state index is 12.6. The number of H-pyrrole nitrogens is 1. The quantitative estimate of drug-likeness (QED) is 0.136. The van der Waals surface area contributed by atoms with Crippen LogP contribution >= 0.6 is 11.8 Å². The smallest absolute Gasteiger partial charge is 0.410 e. The Labute approximate surface area is 331 Å². The average Bonchev–Trinajstić information content (AvgIpc) is 3.77. The molecule has 2 aliphatic rings. The van der Waals surface area contributed by atoms with Gasteiger partial charge in [-0.3, -0.25) is 15.1 Å². The van der Waals surface area contributed by atoms with Crippen LogP contribution in [0.4, 0.5) is 9.59 Å². The van der Waals surface area contributed by atoms with Crippen LogP contribution in [-0.2, 0) is 6.54 Å². The number of ether oxygens (including phenoxy) is 2. The highest BCUT2D eigenvalue weighted by Gasteiger charge is 2.26. The summed E-state index contributed by atoms with van der Waals surface area (Å²) in [5.41, 5.74) is 3.00. The lowest BCUT2D eigenvalue weighted by atomic mass is 9.93. The van der Waals surface area contributed by atoms with E-state index in [-0.39, 0.29) is 12.2 Å². The second-order valence-corrected chi connectivity index (χ2v) is 15.4. The zero-order valence-electron chi connectivity index (χ0n) is 31.7. The Morgan fingerprint density at radius 3 is 1.86 bits per heavy atom. The predicted octanol–water partition coefficient (Wildman–Crippen LogP) is 8.32. The van der Waals surface area contributed by atoms with Gasteiger partial charge in [0.2, 0.25) is 0 Å². The number of likely N-dealkylation sites (tertiary alicyclic amines) is 2. The molecule has 0 saturated carbocycles. The van der Waals surface area contributed by atoms with E-state index in [1.54, 1.807) is 35.1 Å². The highest BCUT2D eigenvalue weighted by atomic mass is 32.2. The molecule has 2 amide bonds. The minimum Gasteiger partial charge on any atom is -0.410 e. The summed E-state index contributed by atoms with van der Waals surface area (Å²) in [6.07, 6.45) is 9.62. The van der Waals surface area contributed by atoms with Gasteiger partial charge in [0.25, 0.3) is 0 Å². The number of amides is 2. The lowest BCUT2D eigenvalue weighted by Gasteiger charge is -2.32. The maximum Gasteiger partial charge on any atom is 0.415 e. The molecule has 3 aromatic heterocycles. The fraction of sp³-hybridized carbons (Fsp3) is 0.349. The van der Waals surface area contributed by atoms with Crippen LogP contribution in [-0.4, -0.2) is 97.6 Å². The number of nitrogens with one attached hydrogen (secondary N) is 1. The van der Waals surface area contributed by atoms with Crippen molar-refractivity contribution in [2.24, 2.45) is 11.8 Å². The SMILES string of the molecule is CN(CCC1CCN(C(=O)Oc2ccc3cccnc3c2)CC1)Cc1ccccc1.O=C(Oc1ccc2cccnc2c1)N1CCC(CSc2ncn[nH]2)CC1. The number of nitrogens with zero attached hydrogens (tertiary/aromatic N) is 7. The molecule has 0 bridgehead atoms. The van der Waals surface area contributed by atoms with Crippen molar-refractivity contribution in [2.45, 2.75) is 43.8 Å². The van der Waals surface area contributed by atoms with Crippen LogP contribution in [0, 0.1) is 11.8 Å². The van der Waals surface area contributed by atoms with Crippen molar-refractivity contribution in [1.29, 1.82) is 0 Å². The zero-order valence-corrected chi connectivity index (χ0v) is 32.5. The second-order valence-electron chi connectivity index (χ2n) is 14.4. The Morgan fingerprint density at radius 2 is 1.30 bits per heavy atom. The summed E-state index contributed by atoms with van der Waals surface area (Å²) in [6, 6.07) is 29.5. The van der Waals surface area contributed by atoms with E-state index in [0.717, 1.165) is 84.6 Å². The third-order valence-corrected chi connectivity index (χ3v) is 11.5. The predicted molar refractivity (Wildman–Crippen MR) is 219 cm³/mol. The van der Waals surface area contributed by atoms with Crippen molar-refractivity contribution in [3.05, 3.63) is 115 Å². The van der Waals surface area contributed by atoms with E-state index in [1.807, 2.05) is 59.5 Å². The summed E-state index contributed by atoms with van der Waals surface area (Å²) >= 11 is 1.68. The first-order chi connectivity index (χ1) is 27.4. The number of hydrogen-bond donors (Lipinski definition) is 1. The Hall–Kier alpha value is -5.53. The molecule has 13 heteroatoms. The fourth-order valence-corrected chi connectivity index (χ4v) is 8.04. The van der Waals surface area contributed by atoms with Crippen molar-refractivity contribution in [2.75, 3.05) is 45.5 Å². The molecule has 290 valence electrons. The van der Waals surface area contributed by atoms with Crippen LogP contribution in [0.25, 0.3) is 21.8 Å². The van der Waals surface area contributed by atoms with Crippen molar-refractivity contribution in [3.8, 4) is 11.5 Å². The second kappa shape index (κ2) is 19.4.